The molecule has 5 nitrogen and oxygen atoms in total. The molecular weight excluding hydrogens is 385 g/mol. The summed E-state index contributed by atoms with van der Waals surface area (Å²) < 4.78 is 38.1. The second-order valence-electron chi connectivity index (χ2n) is 7.35. The maximum atomic E-state index is 12.8. The number of rotatable bonds is 3. The largest absolute Gasteiger partial charge is 0.416 e. The third-order valence-electron chi connectivity index (χ3n) is 5.30. The van der Waals surface area contributed by atoms with E-state index in [9.17, 15) is 27.6 Å². The van der Waals surface area contributed by atoms with Crippen LogP contribution in [0.3, 0.4) is 0 Å². The molecular formula is C21H21F3N2O3. The van der Waals surface area contributed by atoms with E-state index in [0.717, 1.165) is 17.7 Å². The highest BCUT2D eigenvalue weighted by Crippen LogP contribution is 2.30. The zero-order chi connectivity index (χ0) is 21.3. The van der Waals surface area contributed by atoms with E-state index >= 15 is 0 Å². The van der Waals surface area contributed by atoms with Gasteiger partial charge >= 0.3 is 6.18 Å². The van der Waals surface area contributed by atoms with Crippen LogP contribution in [-0.4, -0.2) is 34.7 Å². The molecule has 1 aliphatic rings. The number of nitrogens with zero attached hydrogens (tertiary/aromatic N) is 1. The molecule has 1 aromatic heterocycles. The number of halogens is 3. The predicted molar refractivity (Wildman–Crippen MR) is 101 cm³/mol. The summed E-state index contributed by atoms with van der Waals surface area (Å²) in [6, 6.07) is 5.64. The van der Waals surface area contributed by atoms with E-state index in [1.54, 1.807) is 13.8 Å². The fourth-order valence-electron chi connectivity index (χ4n) is 3.49. The molecule has 0 radical (unpaired) electrons. The van der Waals surface area contributed by atoms with Crippen LogP contribution in [0, 0.1) is 19.8 Å². The smallest absolute Gasteiger partial charge is 0.338 e. The molecule has 1 amide bonds. The number of benzene rings is 1. The summed E-state index contributed by atoms with van der Waals surface area (Å²) in [5, 5.41) is 0. The molecule has 0 saturated carbocycles. The number of hydrogen-bond donors (Lipinski definition) is 1. The Morgan fingerprint density at radius 2 is 1.79 bits per heavy atom. The van der Waals surface area contributed by atoms with Crippen molar-refractivity contribution >= 4 is 11.7 Å². The zero-order valence-electron chi connectivity index (χ0n) is 16.1. The summed E-state index contributed by atoms with van der Waals surface area (Å²) in [6.07, 6.45) is -3.35. The monoisotopic (exact) mass is 406 g/mol. The lowest BCUT2D eigenvalue weighted by Gasteiger charge is -2.32. The van der Waals surface area contributed by atoms with E-state index in [2.05, 4.69) is 4.98 Å². The number of amides is 1. The van der Waals surface area contributed by atoms with Crippen LogP contribution in [0.4, 0.5) is 13.2 Å². The maximum absolute atomic E-state index is 12.8. The molecule has 2 heterocycles. The number of pyridine rings is 1. The summed E-state index contributed by atoms with van der Waals surface area (Å²) >= 11 is 0. The van der Waals surface area contributed by atoms with Gasteiger partial charge in [0, 0.05) is 30.3 Å². The SMILES string of the molecule is Cc1cc(C(=O)N2CCC[C@@H](C(=O)c3ccc(C(F)(F)F)cc3)C2)c(=O)[nH]c1C. The molecule has 8 heteroatoms. The molecule has 1 atom stereocenters. The standard InChI is InChI=1S/C21H21F3N2O3/c1-12-10-17(19(28)25-13(12)2)20(29)26-9-3-4-15(11-26)18(27)14-5-7-16(8-6-14)21(22,23)24/h5-8,10,15H,3-4,9,11H2,1-2H3,(H,25,28)/t15-/m1/s1. The highest BCUT2D eigenvalue weighted by atomic mass is 19.4. The van der Waals surface area contributed by atoms with Gasteiger partial charge in [0.1, 0.15) is 5.56 Å². The number of aryl methyl sites for hydroxylation is 2. The second-order valence-corrected chi connectivity index (χ2v) is 7.35. The van der Waals surface area contributed by atoms with Gasteiger partial charge in [-0.1, -0.05) is 12.1 Å². The molecule has 3 rings (SSSR count). The third kappa shape index (κ3) is 4.41. The molecule has 29 heavy (non-hydrogen) atoms. The Morgan fingerprint density at radius 1 is 1.14 bits per heavy atom. The summed E-state index contributed by atoms with van der Waals surface area (Å²) in [4.78, 5) is 41.8. The molecule has 0 aliphatic carbocycles. The number of likely N-dealkylation sites (tertiary alicyclic amines) is 1. The molecule has 0 spiro atoms. The molecule has 1 aliphatic heterocycles. The number of hydrogen-bond acceptors (Lipinski definition) is 3. The summed E-state index contributed by atoms with van der Waals surface area (Å²) in [5.41, 5.74) is 0.373. The lowest BCUT2D eigenvalue weighted by atomic mass is 9.89. The van der Waals surface area contributed by atoms with Crippen molar-refractivity contribution in [1.29, 1.82) is 0 Å². The van der Waals surface area contributed by atoms with Crippen LogP contribution in [0.1, 0.15) is 50.4 Å². The Balaban J connectivity index is 1.77. The minimum atomic E-state index is -4.46. The van der Waals surface area contributed by atoms with E-state index < -0.39 is 29.1 Å². The molecule has 1 aromatic carbocycles. The van der Waals surface area contributed by atoms with Crippen molar-refractivity contribution in [3.8, 4) is 0 Å². The molecule has 1 saturated heterocycles. The van der Waals surface area contributed by atoms with E-state index in [1.165, 1.54) is 23.1 Å². The Labute approximate surface area is 165 Å². The van der Waals surface area contributed by atoms with Crippen molar-refractivity contribution in [2.24, 2.45) is 5.92 Å². The van der Waals surface area contributed by atoms with E-state index in [0.29, 0.717) is 25.1 Å². The third-order valence-corrected chi connectivity index (χ3v) is 5.30. The van der Waals surface area contributed by atoms with Gasteiger partial charge in [0.05, 0.1) is 5.56 Å². The zero-order valence-corrected chi connectivity index (χ0v) is 16.1. The summed E-state index contributed by atoms with van der Waals surface area (Å²) in [6.45, 7) is 4.08. The number of ketones is 1. The first-order chi connectivity index (χ1) is 13.6. The van der Waals surface area contributed by atoms with Gasteiger partial charge in [-0.15, -0.1) is 0 Å². The number of aromatic amines is 1. The molecule has 2 aromatic rings. The van der Waals surface area contributed by atoms with Gasteiger partial charge in [0.15, 0.2) is 5.78 Å². The number of piperidine rings is 1. The van der Waals surface area contributed by atoms with Crippen LogP contribution >= 0.6 is 0 Å². The fraction of sp³-hybridized carbons (Fsp3) is 0.381. The Bertz CT molecular complexity index is 994. The first-order valence-electron chi connectivity index (χ1n) is 9.29. The highest BCUT2D eigenvalue weighted by molar-refractivity contribution is 5.99. The first-order valence-corrected chi connectivity index (χ1v) is 9.29. The van der Waals surface area contributed by atoms with Gasteiger partial charge in [-0.2, -0.15) is 13.2 Å². The number of nitrogens with one attached hydrogen (secondary N) is 1. The molecule has 154 valence electrons. The number of alkyl halides is 3. The topological polar surface area (TPSA) is 70.2 Å². The molecule has 0 bridgehead atoms. The molecule has 1 fully saturated rings. The number of carbonyl (C=O) groups is 2. The second kappa shape index (κ2) is 7.85. The minimum absolute atomic E-state index is 0.0238. The van der Waals surface area contributed by atoms with E-state index in [4.69, 9.17) is 0 Å². The van der Waals surface area contributed by atoms with Crippen LogP contribution < -0.4 is 5.56 Å². The minimum Gasteiger partial charge on any atom is -0.338 e. The van der Waals surface area contributed by atoms with Crippen LogP contribution in [-0.2, 0) is 6.18 Å². The average Bonchev–Trinajstić information content (AvgIpc) is 2.69. The lowest BCUT2D eigenvalue weighted by molar-refractivity contribution is -0.137. The highest BCUT2D eigenvalue weighted by Gasteiger charge is 2.32. The van der Waals surface area contributed by atoms with Crippen molar-refractivity contribution in [1.82, 2.24) is 9.88 Å². The van der Waals surface area contributed by atoms with Crippen LogP contribution in [0.15, 0.2) is 35.1 Å². The van der Waals surface area contributed by atoms with Gasteiger partial charge in [-0.25, -0.2) is 0 Å². The van der Waals surface area contributed by atoms with Crippen molar-refractivity contribution < 1.29 is 22.8 Å². The normalized spacial score (nSPS) is 17.3. The number of H-pyrrole nitrogens is 1. The van der Waals surface area contributed by atoms with Crippen molar-refractivity contribution in [2.75, 3.05) is 13.1 Å². The quantitative estimate of drug-likeness (QED) is 0.790. The first kappa shape index (κ1) is 20.8. The van der Waals surface area contributed by atoms with Gasteiger partial charge in [-0.3, -0.25) is 14.4 Å². The molecule has 0 unspecified atom stereocenters. The Morgan fingerprint density at radius 3 is 2.41 bits per heavy atom. The van der Waals surface area contributed by atoms with Crippen molar-refractivity contribution in [2.45, 2.75) is 32.9 Å². The fourth-order valence-corrected chi connectivity index (χ4v) is 3.49. The maximum Gasteiger partial charge on any atom is 0.416 e. The summed E-state index contributed by atoms with van der Waals surface area (Å²) in [5.74, 6) is -1.26. The lowest BCUT2D eigenvalue weighted by Crippen LogP contribution is -2.44. The number of Topliss-reactive ketones (excluding diaryl/α,β-unsaturated/α-hetero) is 1. The van der Waals surface area contributed by atoms with Crippen LogP contribution in [0.2, 0.25) is 0 Å². The predicted octanol–water partition coefficient (Wildman–Crippen LogP) is 3.75. The van der Waals surface area contributed by atoms with Crippen molar-refractivity contribution in [3.05, 3.63) is 68.6 Å². The van der Waals surface area contributed by atoms with Crippen molar-refractivity contribution in [3.63, 3.8) is 0 Å². The van der Waals surface area contributed by atoms with Gasteiger partial charge < -0.3 is 9.88 Å². The summed E-state index contributed by atoms with van der Waals surface area (Å²) in [7, 11) is 0. The average molecular weight is 406 g/mol. The van der Waals surface area contributed by atoms with Gasteiger partial charge in [0.25, 0.3) is 11.5 Å². The van der Waals surface area contributed by atoms with Crippen LogP contribution in [0.25, 0.3) is 0 Å². The number of carbonyl (C=O) groups excluding carboxylic acids is 2. The van der Waals surface area contributed by atoms with E-state index in [1.807, 2.05) is 0 Å². The Hall–Kier alpha value is -2.90. The van der Waals surface area contributed by atoms with E-state index in [-0.39, 0.29) is 23.5 Å². The van der Waals surface area contributed by atoms with Gasteiger partial charge in [0.2, 0.25) is 0 Å². The van der Waals surface area contributed by atoms with Gasteiger partial charge in [-0.05, 0) is 50.5 Å². The molecule has 1 N–H and O–H groups in total. The number of aromatic nitrogens is 1. The van der Waals surface area contributed by atoms with Crippen LogP contribution in [0.5, 0.6) is 0 Å². The Kier molecular flexibility index (Phi) is 5.64.